The molecular weight excluding hydrogens is 1730 g/mol. The van der Waals surface area contributed by atoms with E-state index in [-0.39, 0.29) is 1920 Å². The molecule has 0 saturated heterocycles. The van der Waals surface area contributed by atoms with Crippen molar-refractivity contribution in [2.45, 2.75) is 0 Å². The van der Waals surface area contributed by atoms with Gasteiger partial charge in [0.05, 0.1) is 0 Å². The van der Waals surface area contributed by atoms with Crippen molar-refractivity contribution in [1.82, 2.24) is 0 Å². The first-order valence-electron chi connectivity index (χ1n) is 1.60. The van der Waals surface area contributed by atoms with Crippen LogP contribution in [0.15, 0.2) is 0 Å². The molecule has 0 fully saturated rings. The van der Waals surface area contributed by atoms with E-state index in [1.807, 2.05) is 0 Å². The van der Waals surface area contributed by atoms with Crippen LogP contribution >= 0.6 is 0 Å². The van der Waals surface area contributed by atoms with Crippen LogP contribution in [0.3, 0.4) is 0 Å². The van der Waals surface area contributed by atoms with Gasteiger partial charge in [-0.15, -0.1) is 0 Å². The predicted molar refractivity (Wildman–Crippen MR) is 40.2 cm³/mol. The van der Waals surface area contributed by atoms with Crippen molar-refractivity contribution in [2.75, 3.05) is 0 Å². The molecule has 0 bridgehead atoms. The number of hydrogen-bond donors (Lipinski definition) is 6. The maximum atomic E-state index is 8.67. The summed E-state index contributed by atoms with van der Waals surface area (Å²) in [7, 11) is 0. The van der Waals surface area contributed by atoms with Gasteiger partial charge in [0.25, 0.3) is 34.1 Å². The molecule has 0 aromatic carbocycles. The summed E-state index contributed by atoms with van der Waals surface area (Å²) < 4.78 is 68.5. The average molecular weight is 1740 g/mol. The summed E-state index contributed by atoms with van der Waals surface area (Å²) in [5, 5.41) is 0. The Morgan fingerprint density at radius 3 is 0.0909 bits per heavy atom. The maximum Gasteiger partial charge on any atom is 1.00 e. The Labute approximate surface area is 1920 Å². The van der Waals surface area contributed by atoms with Crippen LogP contribution in [0, 0.1) is 0 Å². The fourth-order valence-electron chi connectivity index (χ4n) is 0. The monoisotopic (exact) mass is 1740 g/mol. The molecular formula is H6Na65O9S3+65. The quantitative estimate of drug-likeness (QED) is 0.102. The molecule has 0 unspecified atom stereocenters. The predicted octanol–water partition coefficient (Wildman–Crippen LogP) is -196. The second-order valence-electron chi connectivity index (χ2n) is 0.692. The second-order valence-corrected chi connectivity index (χ2v) is 2.08. The molecule has 0 radical (unpaired) electrons. The van der Waals surface area contributed by atoms with E-state index < -0.39 is 34.1 Å². The third-order valence-electron chi connectivity index (χ3n) is 0. The SMILES string of the molecule is O=S(O)O.O=S(O)O.O=S(O)O.[Na+].[Na+].[Na+].[Na+].[Na+].[Na+].[Na+].[Na+].[Na+].[Na+].[Na+].[Na+].[Na+].[Na+].[Na+].[Na+].[Na+].[Na+].[Na+].[Na+].[Na+].[Na+].[Na+].[Na+].[Na+].[Na+].[Na+].[Na+].[Na+].[Na+].[Na+].[Na+].[Na+].[Na+].[Na+].[Na+].[Na+].[Na+].[Na+].[Na+].[Na+].[Na+].[Na+].[Na+].[Na+].[Na+].[Na+].[Na+].[Na+].[Na+].[Na+].[Na+].[Na+].[Na+].[Na+].[Na+].[Na+].[Na+].[Na+].[Na+].[Na+].[Na+].[Na+].[Na+].[Na+]. The van der Waals surface area contributed by atoms with E-state index in [0.29, 0.717) is 0 Å². The molecule has 0 spiro atoms. The largest absolute Gasteiger partial charge is 1.00 e. The molecule has 0 rings (SSSR count). The van der Waals surface area contributed by atoms with Crippen molar-refractivity contribution in [1.29, 1.82) is 0 Å². The Hall–Kier alpha value is 65.2. The van der Waals surface area contributed by atoms with Crippen LogP contribution < -0.4 is 1920 Å². The van der Waals surface area contributed by atoms with Gasteiger partial charge in [-0.2, -0.15) is 12.6 Å². The normalized spacial score (nSPS) is 1.36. The molecule has 9 nitrogen and oxygen atoms in total. The number of hydrogen-bond acceptors (Lipinski definition) is 3. The summed E-state index contributed by atoms with van der Waals surface area (Å²) in [5.74, 6) is 0. The van der Waals surface area contributed by atoms with Crippen molar-refractivity contribution >= 4 is 34.1 Å². The van der Waals surface area contributed by atoms with E-state index in [0.717, 1.165) is 0 Å². The minimum atomic E-state index is -2.61. The van der Waals surface area contributed by atoms with Crippen molar-refractivity contribution in [3.05, 3.63) is 0 Å². The maximum absolute atomic E-state index is 8.67. The molecule has 0 atom stereocenters. The topological polar surface area (TPSA) is 173 Å². The van der Waals surface area contributed by atoms with Crippen LogP contribution in [0.25, 0.3) is 0 Å². The first-order valence-corrected chi connectivity index (χ1v) is 4.79. The molecule has 0 aliphatic carbocycles. The fourth-order valence-corrected chi connectivity index (χ4v) is 0. The van der Waals surface area contributed by atoms with Gasteiger partial charge in [0.2, 0.25) is 0 Å². The summed E-state index contributed by atoms with van der Waals surface area (Å²) in [6.45, 7) is 0. The average Bonchev–Trinajstić information content (AvgIpc) is 1.54. The fraction of sp³-hybridized carbons (Fsp3) is 0. The van der Waals surface area contributed by atoms with Gasteiger partial charge < -0.3 is 0 Å². The van der Waals surface area contributed by atoms with Crippen LogP contribution in [0.2, 0.25) is 0 Å². The van der Waals surface area contributed by atoms with E-state index in [9.17, 15) is 0 Å². The molecule has 0 aromatic rings. The molecule has 0 aliphatic heterocycles. The molecule has 0 saturated carbocycles. The van der Waals surface area contributed by atoms with Gasteiger partial charge >= 0.3 is 1920 Å². The van der Waals surface area contributed by atoms with Crippen LogP contribution in [0.5, 0.6) is 0 Å². The Kier molecular flexibility index (Phi) is 3370. The van der Waals surface area contributed by atoms with Crippen LogP contribution in [-0.2, 0) is 34.1 Å². The Morgan fingerprint density at radius 1 is 0.0909 bits per heavy atom. The van der Waals surface area contributed by atoms with Crippen molar-refractivity contribution < 1.29 is 1960 Å². The zero-order valence-corrected chi connectivity index (χ0v) is 203. The molecule has 6 N–H and O–H groups in total. The standard InChI is InChI=1S/65Na.3H2O3S/c;;;;;;;;;;;;;;;;;;;;;;;;;;;;;;;;;;;;;;;;;;;;;;;;;;;;;;;;;;;;;;;;;3*1-4(2)3/h;;;;;;;;;;;;;;;;;;;;;;;;;;;;;;;;;;;;;;;;;;;;;;;;;;;;;;;;;;;;;;;;;3*(H2,1,2,3)/q65*+1;;;. The van der Waals surface area contributed by atoms with Crippen LogP contribution in [-0.4, -0.2) is 39.9 Å². The van der Waals surface area contributed by atoms with Crippen molar-refractivity contribution in [3.63, 3.8) is 0 Å². The minimum absolute atomic E-state index is 0. The van der Waals surface area contributed by atoms with Gasteiger partial charge in [0, 0.05) is 0 Å². The summed E-state index contributed by atoms with van der Waals surface area (Å²) in [6, 6.07) is 0. The van der Waals surface area contributed by atoms with Gasteiger partial charge in [-0.1, -0.05) is 0 Å². The van der Waals surface area contributed by atoms with Gasteiger partial charge in [0.15, 0.2) is 0 Å². The summed E-state index contributed by atoms with van der Waals surface area (Å²) in [5.41, 5.74) is 0. The Morgan fingerprint density at radius 2 is 0.0909 bits per heavy atom. The molecule has 78 valence electrons. The van der Waals surface area contributed by atoms with Crippen LogP contribution in [0.4, 0.5) is 0 Å². The smallest absolute Gasteiger partial charge is 0.284 e. The summed E-state index contributed by atoms with van der Waals surface area (Å²) >= 11 is -7.83. The Bertz CT molecular complexity index is 155. The molecule has 0 aliphatic rings. The summed E-state index contributed by atoms with van der Waals surface area (Å²) in [4.78, 5) is 0. The Balaban J connectivity index is -0.000000000168. The van der Waals surface area contributed by atoms with Crippen LogP contribution in [0.1, 0.15) is 0 Å². The van der Waals surface area contributed by atoms with Gasteiger partial charge in [-0.3, -0.25) is 27.3 Å². The van der Waals surface area contributed by atoms with Gasteiger partial charge in [-0.25, -0.2) is 0 Å². The summed E-state index contributed by atoms with van der Waals surface area (Å²) in [6.07, 6.45) is 0. The first-order chi connectivity index (χ1) is 5.20. The van der Waals surface area contributed by atoms with Crippen molar-refractivity contribution in [3.8, 4) is 0 Å². The van der Waals surface area contributed by atoms with E-state index in [2.05, 4.69) is 0 Å². The zero-order valence-electron chi connectivity index (χ0n) is 70.1. The van der Waals surface area contributed by atoms with Gasteiger partial charge in [0.1, 0.15) is 0 Å². The first kappa shape index (κ1) is 515. The molecule has 77 heteroatoms. The van der Waals surface area contributed by atoms with E-state index in [4.69, 9.17) is 39.9 Å². The molecule has 0 amide bonds. The van der Waals surface area contributed by atoms with Gasteiger partial charge in [-0.05, 0) is 0 Å². The van der Waals surface area contributed by atoms with E-state index in [1.165, 1.54) is 0 Å². The molecule has 77 heavy (non-hydrogen) atoms. The second kappa shape index (κ2) is 504. The van der Waals surface area contributed by atoms with Crippen molar-refractivity contribution in [2.24, 2.45) is 0 Å². The third-order valence-corrected chi connectivity index (χ3v) is 0. The third kappa shape index (κ3) is 644. The van der Waals surface area contributed by atoms with E-state index >= 15 is 0 Å². The molecule has 0 heterocycles. The zero-order chi connectivity index (χ0) is 10.7. The molecule has 0 aromatic heterocycles. The van der Waals surface area contributed by atoms with E-state index in [1.54, 1.807) is 0 Å². The number of rotatable bonds is 0. The minimum Gasteiger partial charge on any atom is -0.284 e.